The summed E-state index contributed by atoms with van der Waals surface area (Å²) in [6, 6.07) is 10.6. The van der Waals surface area contributed by atoms with Gasteiger partial charge in [-0.1, -0.05) is 12.1 Å². The van der Waals surface area contributed by atoms with Gasteiger partial charge in [0.1, 0.15) is 5.58 Å². The molecule has 0 atom stereocenters. The molecule has 3 rings (SSSR count). The monoisotopic (exact) mass is 238 g/mol. The van der Waals surface area contributed by atoms with E-state index in [2.05, 4.69) is 4.98 Å². The van der Waals surface area contributed by atoms with Gasteiger partial charge in [-0.25, -0.2) is 0 Å². The Hall–Kier alpha value is -2.62. The van der Waals surface area contributed by atoms with E-state index in [1.165, 1.54) is 0 Å². The van der Waals surface area contributed by atoms with Gasteiger partial charge in [-0.3, -0.25) is 9.78 Å². The second-order valence-electron chi connectivity index (χ2n) is 3.91. The van der Waals surface area contributed by atoms with Crippen LogP contribution >= 0.6 is 0 Å². The van der Waals surface area contributed by atoms with Crippen molar-refractivity contribution in [2.24, 2.45) is 0 Å². The summed E-state index contributed by atoms with van der Waals surface area (Å²) in [5.74, 6) is -0.0477. The number of ketones is 1. The average molecular weight is 238 g/mol. The Labute approximate surface area is 103 Å². The van der Waals surface area contributed by atoms with E-state index in [0.29, 0.717) is 16.8 Å². The fraction of sp³-hybridized carbons (Fsp3) is 0. The molecule has 2 N–H and O–H groups in total. The third-order valence-corrected chi connectivity index (χ3v) is 2.78. The number of carbonyl (C=O) groups is 1. The van der Waals surface area contributed by atoms with Crippen molar-refractivity contribution in [1.29, 1.82) is 0 Å². The van der Waals surface area contributed by atoms with Crippen molar-refractivity contribution in [1.82, 2.24) is 4.98 Å². The predicted octanol–water partition coefficient (Wildman–Crippen LogP) is 2.64. The van der Waals surface area contributed by atoms with E-state index in [1.54, 1.807) is 30.6 Å². The molecule has 2 aromatic heterocycles. The quantitative estimate of drug-likeness (QED) is 0.697. The van der Waals surface area contributed by atoms with Gasteiger partial charge < -0.3 is 10.2 Å². The van der Waals surface area contributed by atoms with Crippen LogP contribution in [0.25, 0.3) is 11.0 Å². The zero-order valence-electron chi connectivity index (χ0n) is 9.46. The van der Waals surface area contributed by atoms with Crippen LogP contribution in [0.4, 0.5) is 5.69 Å². The molecule has 0 bridgehead atoms. The highest BCUT2D eigenvalue weighted by Crippen LogP contribution is 2.29. The van der Waals surface area contributed by atoms with Gasteiger partial charge in [0.05, 0.1) is 5.69 Å². The molecule has 0 aliphatic rings. The van der Waals surface area contributed by atoms with Crippen LogP contribution in [-0.2, 0) is 0 Å². The van der Waals surface area contributed by atoms with Crippen molar-refractivity contribution in [3.05, 3.63) is 60.1 Å². The van der Waals surface area contributed by atoms with Crippen LogP contribution in [0.15, 0.2) is 53.2 Å². The van der Waals surface area contributed by atoms with Crippen LogP contribution < -0.4 is 5.73 Å². The van der Waals surface area contributed by atoms with E-state index >= 15 is 0 Å². The molecule has 1 aromatic carbocycles. The largest absolute Gasteiger partial charge is 0.450 e. The number of para-hydroxylation sites is 1. The summed E-state index contributed by atoms with van der Waals surface area (Å²) in [6.45, 7) is 0. The minimum absolute atomic E-state index is 0.183. The van der Waals surface area contributed by atoms with Crippen molar-refractivity contribution in [2.75, 3.05) is 5.73 Å². The molecule has 0 unspecified atom stereocenters. The van der Waals surface area contributed by atoms with Gasteiger partial charge in [0.2, 0.25) is 5.78 Å². The van der Waals surface area contributed by atoms with Crippen LogP contribution in [-0.4, -0.2) is 10.8 Å². The lowest BCUT2D eigenvalue weighted by molar-refractivity contribution is 0.101. The number of fused-ring (bicyclic) bond motifs is 1. The molecule has 0 spiro atoms. The fourth-order valence-corrected chi connectivity index (χ4v) is 1.87. The van der Waals surface area contributed by atoms with Gasteiger partial charge >= 0.3 is 0 Å². The molecule has 0 saturated carbocycles. The highest BCUT2D eigenvalue weighted by Gasteiger charge is 2.19. The number of aromatic nitrogens is 1. The first-order valence-corrected chi connectivity index (χ1v) is 5.49. The maximum Gasteiger partial charge on any atom is 0.230 e. The van der Waals surface area contributed by atoms with E-state index in [0.717, 1.165) is 5.39 Å². The molecule has 0 radical (unpaired) electrons. The number of nitrogens with zero attached hydrogens (tertiary/aromatic N) is 1. The first-order chi connectivity index (χ1) is 8.77. The second-order valence-corrected chi connectivity index (χ2v) is 3.91. The van der Waals surface area contributed by atoms with Gasteiger partial charge in [0, 0.05) is 23.3 Å². The molecule has 88 valence electrons. The highest BCUT2D eigenvalue weighted by molar-refractivity contribution is 6.14. The van der Waals surface area contributed by atoms with Gasteiger partial charge in [-0.15, -0.1) is 0 Å². The Kier molecular flexibility index (Phi) is 2.34. The zero-order valence-corrected chi connectivity index (χ0v) is 9.46. The number of hydrogen-bond acceptors (Lipinski definition) is 4. The summed E-state index contributed by atoms with van der Waals surface area (Å²) < 4.78 is 5.52. The molecular formula is C14H10N2O2. The number of carbonyl (C=O) groups excluding carboxylic acids is 1. The number of pyridine rings is 1. The molecule has 0 aliphatic heterocycles. The van der Waals surface area contributed by atoms with Gasteiger partial charge in [-0.05, 0) is 24.3 Å². The smallest absolute Gasteiger partial charge is 0.230 e. The summed E-state index contributed by atoms with van der Waals surface area (Å²) in [7, 11) is 0. The zero-order chi connectivity index (χ0) is 12.5. The lowest BCUT2D eigenvalue weighted by Gasteiger charge is -1.97. The third kappa shape index (κ3) is 1.55. The second kappa shape index (κ2) is 4.00. The van der Waals surface area contributed by atoms with Gasteiger partial charge in [0.15, 0.2) is 5.76 Å². The predicted molar refractivity (Wildman–Crippen MR) is 68.3 cm³/mol. The number of rotatable bonds is 2. The lowest BCUT2D eigenvalue weighted by atomic mass is 10.1. The molecule has 0 fully saturated rings. The number of anilines is 1. The first-order valence-electron chi connectivity index (χ1n) is 5.49. The van der Waals surface area contributed by atoms with Crippen LogP contribution in [0.1, 0.15) is 16.1 Å². The summed E-state index contributed by atoms with van der Waals surface area (Å²) in [6.07, 6.45) is 3.12. The Morgan fingerprint density at radius 2 is 1.83 bits per heavy atom. The highest BCUT2D eigenvalue weighted by atomic mass is 16.3. The molecule has 2 heterocycles. The minimum atomic E-state index is -0.230. The van der Waals surface area contributed by atoms with Gasteiger partial charge in [-0.2, -0.15) is 0 Å². The summed E-state index contributed by atoms with van der Waals surface area (Å²) in [5, 5.41) is 0.759. The fourth-order valence-electron chi connectivity index (χ4n) is 1.87. The number of nitrogens with two attached hydrogens (primary N) is 1. The van der Waals surface area contributed by atoms with Gasteiger partial charge in [0.25, 0.3) is 0 Å². The molecular weight excluding hydrogens is 228 g/mol. The Balaban J connectivity index is 2.15. The van der Waals surface area contributed by atoms with Crippen molar-refractivity contribution in [3.63, 3.8) is 0 Å². The van der Waals surface area contributed by atoms with E-state index < -0.39 is 0 Å². The molecule has 18 heavy (non-hydrogen) atoms. The number of furan rings is 1. The van der Waals surface area contributed by atoms with E-state index in [-0.39, 0.29) is 11.5 Å². The average Bonchev–Trinajstić information content (AvgIpc) is 2.77. The maximum absolute atomic E-state index is 12.2. The molecule has 0 amide bonds. The summed E-state index contributed by atoms with van der Waals surface area (Å²) in [5.41, 5.74) is 7.46. The van der Waals surface area contributed by atoms with Crippen LogP contribution in [0.5, 0.6) is 0 Å². The molecule has 0 saturated heterocycles. The molecule has 3 aromatic rings. The maximum atomic E-state index is 12.2. The summed E-state index contributed by atoms with van der Waals surface area (Å²) in [4.78, 5) is 16.1. The molecule has 0 aliphatic carbocycles. The van der Waals surface area contributed by atoms with E-state index in [9.17, 15) is 4.79 Å². The van der Waals surface area contributed by atoms with E-state index in [4.69, 9.17) is 10.2 Å². The van der Waals surface area contributed by atoms with Crippen LogP contribution in [0.2, 0.25) is 0 Å². The normalized spacial score (nSPS) is 10.7. The third-order valence-electron chi connectivity index (χ3n) is 2.78. The van der Waals surface area contributed by atoms with Crippen molar-refractivity contribution in [2.45, 2.75) is 0 Å². The van der Waals surface area contributed by atoms with Crippen LogP contribution in [0.3, 0.4) is 0 Å². The molecule has 4 nitrogen and oxygen atoms in total. The first kappa shape index (κ1) is 10.5. The number of hydrogen-bond donors (Lipinski definition) is 1. The lowest BCUT2D eigenvalue weighted by Crippen LogP contribution is -2.02. The molecule has 4 heteroatoms. The van der Waals surface area contributed by atoms with Crippen molar-refractivity contribution >= 4 is 22.4 Å². The topological polar surface area (TPSA) is 69.1 Å². The SMILES string of the molecule is Nc1c(C(=O)c2ccncc2)oc2ccccc12. The van der Waals surface area contributed by atoms with E-state index in [1.807, 2.05) is 18.2 Å². The minimum Gasteiger partial charge on any atom is -0.450 e. The Bertz CT molecular complexity index is 717. The standard InChI is InChI=1S/C14H10N2O2/c15-12-10-3-1-2-4-11(10)18-14(12)13(17)9-5-7-16-8-6-9/h1-8H,15H2. The number of nitrogen functional groups attached to an aromatic ring is 1. The van der Waals surface area contributed by atoms with Crippen molar-refractivity contribution in [3.8, 4) is 0 Å². The summed E-state index contributed by atoms with van der Waals surface area (Å²) >= 11 is 0. The Morgan fingerprint density at radius 1 is 1.11 bits per heavy atom. The number of benzene rings is 1. The van der Waals surface area contributed by atoms with Crippen molar-refractivity contribution < 1.29 is 9.21 Å². The Morgan fingerprint density at radius 3 is 2.56 bits per heavy atom. The van der Waals surface area contributed by atoms with Crippen LogP contribution in [0, 0.1) is 0 Å².